The fourth-order valence-corrected chi connectivity index (χ4v) is 2.55. The Balaban J connectivity index is 2.07. The Labute approximate surface area is 123 Å². The molecule has 102 valence electrons. The lowest BCUT2D eigenvalue weighted by atomic mass is 9.85. The molecule has 1 aliphatic heterocycles. The number of hydrogen-bond acceptors (Lipinski definition) is 4. The number of aliphatic carboxylic acids is 1. The van der Waals surface area contributed by atoms with Crippen LogP contribution in [0, 0.1) is 0 Å². The molecule has 6 heteroatoms. The van der Waals surface area contributed by atoms with Crippen LogP contribution < -0.4 is 0 Å². The lowest BCUT2D eigenvalue weighted by molar-refractivity contribution is -0.164. The molecule has 3 rings (SSSR count). The van der Waals surface area contributed by atoms with Crippen molar-refractivity contribution in [2.75, 3.05) is 13.2 Å². The van der Waals surface area contributed by atoms with E-state index in [1.165, 1.54) is 0 Å². The van der Waals surface area contributed by atoms with E-state index < -0.39 is 11.4 Å². The predicted octanol–water partition coefficient (Wildman–Crippen LogP) is 2.26. The van der Waals surface area contributed by atoms with E-state index in [1.54, 1.807) is 12.3 Å². The summed E-state index contributed by atoms with van der Waals surface area (Å²) in [6.07, 6.45) is 1.58. The van der Waals surface area contributed by atoms with E-state index in [0.29, 0.717) is 11.5 Å². The number of carboxylic acids is 1. The number of benzene rings is 1. The molecule has 0 saturated carbocycles. The molecule has 0 aliphatic carbocycles. The lowest BCUT2D eigenvalue weighted by Crippen LogP contribution is -2.54. The molecule has 0 amide bonds. The number of carboxylic acid groups (broad SMARTS) is 1. The summed E-state index contributed by atoms with van der Waals surface area (Å²) in [5, 5.41) is 9.38. The van der Waals surface area contributed by atoms with Crippen LogP contribution in [0.3, 0.4) is 0 Å². The van der Waals surface area contributed by atoms with E-state index in [4.69, 9.17) is 4.74 Å². The van der Waals surface area contributed by atoms with Crippen molar-refractivity contribution in [1.82, 2.24) is 9.97 Å². The van der Waals surface area contributed by atoms with Crippen LogP contribution in [0.25, 0.3) is 11.3 Å². The van der Waals surface area contributed by atoms with E-state index in [0.717, 1.165) is 10.0 Å². The Morgan fingerprint density at radius 1 is 1.30 bits per heavy atom. The molecule has 5 nitrogen and oxygen atoms in total. The van der Waals surface area contributed by atoms with Gasteiger partial charge in [0.2, 0.25) is 0 Å². The summed E-state index contributed by atoms with van der Waals surface area (Å²) in [7, 11) is 0. The normalized spacial score (nSPS) is 16.4. The largest absolute Gasteiger partial charge is 0.480 e. The van der Waals surface area contributed by atoms with Gasteiger partial charge in [0.05, 0.1) is 18.9 Å². The minimum absolute atomic E-state index is 0.113. The molecule has 1 aromatic heterocycles. The summed E-state index contributed by atoms with van der Waals surface area (Å²) < 4.78 is 5.95. The van der Waals surface area contributed by atoms with Crippen molar-refractivity contribution >= 4 is 21.9 Å². The molecule has 1 fully saturated rings. The van der Waals surface area contributed by atoms with Crippen LogP contribution in [0.15, 0.2) is 41.0 Å². The molecule has 0 unspecified atom stereocenters. The Hall–Kier alpha value is -1.79. The van der Waals surface area contributed by atoms with Crippen LogP contribution in [0.2, 0.25) is 0 Å². The van der Waals surface area contributed by atoms with Gasteiger partial charge >= 0.3 is 5.97 Å². The van der Waals surface area contributed by atoms with Gasteiger partial charge in [-0.05, 0) is 12.1 Å². The molecule has 2 aromatic rings. The van der Waals surface area contributed by atoms with Crippen LogP contribution in [-0.2, 0) is 14.9 Å². The minimum Gasteiger partial charge on any atom is -0.480 e. The van der Waals surface area contributed by atoms with Crippen LogP contribution in [-0.4, -0.2) is 34.3 Å². The molecule has 0 spiro atoms. The monoisotopic (exact) mass is 334 g/mol. The van der Waals surface area contributed by atoms with Crippen molar-refractivity contribution < 1.29 is 14.6 Å². The first-order valence-electron chi connectivity index (χ1n) is 6.03. The van der Waals surface area contributed by atoms with Crippen molar-refractivity contribution in [3.05, 3.63) is 46.8 Å². The van der Waals surface area contributed by atoms with Gasteiger partial charge in [-0.15, -0.1) is 0 Å². The second-order valence-corrected chi connectivity index (χ2v) is 5.48. The van der Waals surface area contributed by atoms with Gasteiger partial charge in [0.1, 0.15) is 0 Å². The van der Waals surface area contributed by atoms with Crippen LogP contribution >= 0.6 is 15.9 Å². The molecule has 0 bridgehead atoms. The third-order valence-corrected chi connectivity index (χ3v) is 4.03. The average Bonchev–Trinajstić information content (AvgIpc) is 2.38. The zero-order chi connectivity index (χ0) is 14.2. The van der Waals surface area contributed by atoms with E-state index in [-0.39, 0.29) is 13.2 Å². The fraction of sp³-hybridized carbons (Fsp3) is 0.214. The highest BCUT2D eigenvalue weighted by atomic mass is 79.9. The van der Waals surface area contributed by atoms with Gasteiger partial charge in [-0.2, -0.15) is 0 Å². The first kappa shape index (κ1) is 13.2. The third-order valence-electron chi connectivity index (χ3n) is 3.34. The first-order valence-corrected chi connectivity index (χ1v) is 6.82. The van der Waals surface area contributed by atoms with Gasteiger partial charge in [-0.25, -0.2) is 9.97 Å². The summed E-state index contributed by atoms with van der Waals surface area (Å²) in [6.45, 7) is 0.226. The van der Waals surface area contributed by atoms with Crippen molar-refractivity contribution in [3.63, 3.8) is 0 Å². The Bertz CT molecular complexity index is 671. The summed E-state index contributed by atoms with van der Waals surface area (Å²) >= 11 is 3.47. The number of carbonyl (C=O) groups is 1. The molecular formula is C14H11BrN2O3. The van der Waals surface area contributed by atoms with Gasteiger partial charge in [-0.1, -0.05) is 34.1 Å². The average molecular weight is 335 g/mol. The molecule has 1 aliphatic rings. The SMILES string of the molecule is O=C(O)C1(c2nccc(-c3ccccc3Br)n2)COC1. The molecular weight excluding hydrogens is 324 g/mol. The highest BCUT2D eigenvalue weighted by Gasteiger charge is 2.50. The quantitative estimate of drug-likeness (QED) is 0.932. The maximum absolute atomic E-state index is 11.4. The Morgan fingerprint density at radius 2 is 2.05 bits per heavy atom. The fourth-order valence-electron chi connectivity index (χ4n) is 2.06. The molecule has 0 radical (unpaired) electrons. The maximum Gasteiger partial charge on any atom is 0.322 e. The summed E-state index contributed by atoms with van der Waals surface area (Å²) in [5.41, 5.74) is 0.476. The minimum atomic E-state index is -1.11. The van der Waals surface area contributed by atoms with E-state index >= 15 is 0 Å². The zero-order valence-corrected chi connectivity index (χ0v) is 12.0. The van der Waals surface area contributed by atoms with Gasteiger partial charge in [0.25, 0.3) is 0 Å². The van der Waals surface area contributed by atoms with Crippen molar-refractivity contribution in [3.8, 4) is 11.3 Å². The maximum atomic E-state index is 11.4. The number of rotatable bonds is 3. The van der Waals surface area contributed by atoms with Crippen LogP contribution in [0.1, 0.15) is 5.82 Å². The van der Waals surface area contributed by atoms with Crippen molar-refractivity contribution in [2.45, 2.75) is 5.41 Å². The molecule has 0 atom stereocenters. The zero-order valence-electron chi connectivity index (χ0n) is 10.4. The molecule has 1 N–H and O–H groups in total. The molecule has 20 heavy (non-hydrogen) atoms. The van der Waals surface area contributed by atoms with Gasteiger partial charge in [0.15, 0.2) is 11.2 Å². The lowest BCUT2D eigenvalue weighted by Gasteiger charge is -2.35. The van der Waals surface area contributed by atoms with Gasteiger partial charge < -0.3 is 9.84 Å². The van der Waals surface area contributed by atoms with Gasteiger partial charge in [-0.3, -0.25) is 4.79 Å². The predicted molar refractivity (Wildman–Crippen MR) is 75.3 cm³/mol. The molecule has 2 heterocycles. The van der Waals surface area contributed by atoms with E-state index in [1.807, 2.05) is 24.3 Å². The van der Waals surface area contributed by atoms with Crippen LogP contribution in [0.5, 0.6) is 0 Å². The number of ether oxygens (including phenoxy) is 1. The number of aromatic nitrogens is 2. The van der Waals surface area contributed by atoms with Crippen molar-refractivity contribution in [1.29, 1.82) is 0 Å². The highest BCUT2D eigenvalue weighted by molar-refractivity contribution is 9.10. The summed E-state index contributed by atoms with van der Waals surface area (Å²) in [5.74, 6) is -0.655. The van der Waals surface area contributed by atoms with Crippen LogP contribution in [0.4, 0.5) is 0 Å². The molecule has 1 aromatic carbocycles. The summed E-state index contributed by atoms with van der Waals surface area (Å²) in [6, 6.07) is 9.41. The second-order valence-electron chi connectivity index (χ2n) is 4.63. The van der Waals surface area contributed by atoms with Crippen molar-refractivity contribution in [2.24, 2.45) is 0 Å². The highest BCUT2D eigenvalue weighted by Crippen LogP contribution is 2.32. The second kappa shape index (κ2) is 4.96. The number of hydrogen-bond donors (Lipinski definition) is 1. The smallest absolute Gasteiger partial charge is 0.322 e. The summed E-state index contributed by atoms with van der Waals surface area (Å²) in [4.78, 5) is 20.0. The number of halogens is 1. The van der Waals surface area contributed by atoms with E-state index in [2.05, 4.69) is 25.9 Å². The molecule has 1 saturated heterocycles. The third kappa shape index (κ3) is 2.01. The first-order chi connectivity index (χ1) is 9.63. The van der Waals surface area contributed by atoms with E-state index in [9.17, 15) is 9.90 Å². The van der Waals surface area contributed by atoms with Gasteiger partial charge in [0, 0.05) is 16.2 Å². The Morgan fingerprint density at radius 3 is 2.65 bits per heavy atom. The number of nitrogens with zero attached hydrogens (tertiary/aromatic N) is 2. The standard InChI is InChI=1S/C14H11BrN2O3/c15-10-4-2-1-3-9(10)11-5-6-16-12(17-11)14(13(18)19)7-20-8-14/h1-6H,7-8H2,(H,18,19). The Kier molecular flexibility index (Phi) is 3.27. The topological polar surface area (TPSA) is 72.3 Å².